The van der Waals surface area contributed by atoms with Gasteiger partial charge >= 0.3 is 0 Å². The lowest BCUT2D eigenvalue weighted by atomic mass is 10.1. The summed E-state index contributed by atoms with van der Waals surface area (Å²) in [7, 11) is 0. The van der Waals surface area contributed by atoms with E-state index in [1.54, 1.807) is 24.3 Å². The van der Waals surface area contributed by atoms with E-state index in [4.69, 9.17) is 0 Å². The minimum Gasteiger partial charge on any atom is -0.505 e. The molecule has 0 atom stereocenters. The van der Waals surface area contributed by atoms with Gasteiger partial charge in [-0.2, -0.15) is 0 Å². The van der Waals surface area contributed by atoms with Crippen molar-refractivity contribution in [2.24, 2.45) is 0 Å². The van der Waals surface area contributed by atoms with E-state index < -0.39 is 11.8 Å². The molecule has 0 spiro atoms. The van der Waals surface area contributed by atoms with Crippen LogP contribution in [-0.2, 0) is 0 Å². The first kappa shape index (κ1) is 13.1. The average molecular weight is 281 g/mol. The largest absolute Gasteiger partial charge is 0.505 e. The van der Waals surface area contributed by atoms with E-state index in [2.05, 4.69) is 0 Å². The van der Waals surface area contributed by atoms with Crippen molar-refractivity contribution < 1.29 is 19.5 Å². The number of carbonyl (C=O) groups is 3. The number of Topliss-reactive ketones (excluding diaryl/α,β-unsaturated/α-hetero) is 1. The van der Waals surface area contributed by atoms with Gasteiger partial charge in [-0.3, -0.25) is 14.4 Å². The minimum absolute atomic E-state index is 0.0221. The molecule has 0 saturated heterocycles. The Labute approximate surface area is 120 Å². The molecule has 1 heterocycles. The van der Waals surface area contributed by atoms with Gasteiger partial charge < -0.3 is 5.11 Å². The molecular weight excluding hydrogens is 270 g/mol. The molecule has 0 bridgehead atoms. The van der Waals surface area contributed by atoms with E-state index in [-0.39, 0.29) is 33.9 Å². The van der Waals surface area contributed by atoms with Crippen LogP contribution in [0.15, 0.2) is 42.5 Å². The number of fused-ring (bicyclic) bond motifs is 1. The summed E-state index contributed by atoms with van der Waals surface area (Å²) in [5, 5.41) is 10.2. The number of hydrogen-bond acceptors (Lipinski definition) is 4. The van der Waals surface area contributed by atoms with Crippen molar-refractivity contribution in [2.75, 3.05) is 4.90 Å². The minimum atomic E-state index is -0.508. The lowest BCUT2D eigenvalue weighted by molar-refractivity contribution is 0.0922. The maximum Gasteiger partial charge on any atom is 0.266 e. The zero-order chi connectivity index (χ0) is 15.1. The van der Waals surface area contributed by atoms with Gasteiger partial charge in [0.15, 0.2) is 11.5 Å². The third-order valence-electron chi connectivity index (χ3n) is 3.43. The topological polar surface area (TPSA) is 74.7 Å². The molecule has 5 nitrogen and oxygen atoms in total. The van der Waals surface area contributed by atoms with Crippen molar-refractivity contribution in [1.29, 1.82) is 0 Å². The molecule has 0 saturated carbocycles. The molecule has 21 heavy (non-hydrogen) atoms. The van der Waals surface area contributed by atoms with Crippen molar-refractivity contribution in [3.05, 3.63) is 59.2 Å². The third-order valence-corrected chi connectivity index (χ3v) is 3.43. The SMILES string of the molecule is CC(=O)c1cccc(N2C(=O)c3ccccc3C2=O)c1O. The van der Waals surface area contributed by atoms with Gasteiger partial charge in [0.25, 0.3) is 11.8 Å². The summed E-state index contributed by atoms with van der Waals surface area (Å²) >= 11 is 0. The van der Waals surface area contributed by atoms with Crippen molar-refractivity contribution in [1.82, 2.24) is 0 Å². The molecule has 3 rings (SSSR count). The fraction of sp³-hybridized carbons (Fsp3) is 0.0625. The summed E-state index contributed by atoms with van der Waals surface area (Å²) in [5.41, 5.74) is 0.670. The van der Waals surface area contributed by atoms with Crippen molar-refractivity contribution in [3.63, 3.8) is 0 Å². The van der Waals surface area contributed by atoms with Crippen molar-refractivity contribution in [2.45, 2.75) is 6.92 Å². The van der Waals surface area contributed by atoms with Crippen LogP contribution in [0.2, 0.25) is 0 Å². The van der Waals surface area contributed by atoms with E-state index in [9.17, 15) is 19.5 Å². The number of benzene rings is 2. The normalized spacial score (nSPS) is 13.5. The van der Waals surface area contributed by atoms with Gasteiger partial charge in [0.05, 0.1) is 22.4 Å². The lowest BCUT2D eigenvalue weighted by Crippen LogP contribution is -2.29. The van der Waals surface area contributed by atoms with Crippen LogP contribution < -0.4 is 4.90 Å². The molecule has 1 aliphatic rings. The number of aromatic hydroxyl groups is 1. The van der Waals surface area contributed by atoms with E-state index in [0.29, 0.717) is 0 Å². The number of anilines is 1. The standard InChI is InChI=1S/C16H11NO4/c1-9(18)10-7-4-8-13(14(10)19)17-15(20)11-5-2-3-6-12(11)16(17)21/h2-8,19H,1H3. The van der Waals surface area contributed by atoms with E-state index in [0.717, 1.165) is 4.90 Å². The molecule has 0 aliphatic carbocycles. The molecule has 2 aromatic rings. The maximum atomic E-state index is 12.4. The number of hydrogen-bond donors (Lipinski definition) is 1. The molecule has 2 amide bonds. The highest BCUT2D eigenvalue weighted by molar-refractivity contribution is 6.35. The molecule has 0 unspecified atom stereocenters. The average Bonchev–Trinajstić information content (AvgIpc) is 2.72. The second-order valence-electron chi connectivity index (χ2n) is 4.72. The molecule has 0 radical (unpaired) electrons. The van der Waals surface area contributed by atoms with E-state index in [1.807, 2.05) is 0 Å². The van der Waals surface area contributed by atoms with Gasteiger partial charge in [-0.15, -0.1) is 0 Å². The van der Waals surface area contributed by atoms with Crippen LogP contribution in [0, 0.1) is 0 Å². The number of phenols is 1. The van der Waals surface area contributed by atoms with E-state index >= 15 is 0 Å². The number of amides is 2. The smallest absolute Gasteiger partial charge is 0.266 e. The Balaban J connectivity index is 2.16. The number of nitrogens with zero attached hydrogens (tertiary/aromatic N) is 1. The maximum absolute atomic E-state index is 12.4. The predicted molar refractivity (Wildman–Crippen MR) is 75.7 cm³/mol. The Kier molecular flexibility index (Phi) is 2.83. The van der Waals surface area contributed by atoms with Crippen LogP contribution in [0.5, 0.6) is 5.75 Å². The molecule has 1 aliphatic heterocycles. The highest BCUT2D eigenvalue weighted by Crippen LogP contribution is 2.36. The van der Waals surface area contributed by atoms with E-state index in [1.165, 1.54) is 25.1 Å². The van der Waals surface area contributed by atoms with Gasteiger partial charge in [-0.1, -0.05) is 18.2 Å². The molecule has 104 valence electrons. The number of ketones is 1. The first-order chi connectivity index (χ1) is 10.0. The number of carbonyl (C=O) groups excluding carboxylic acids is 3. The second kappa shape index (κ2) is 4.56. The fourth-order valence-corrected chi connectivity index (χ4v) is 2.40. The Hall–Kier alpha value is -2.95. The second-order valence-corrected chi connectivity index (χ2v) is 4.72. The Morgan fingerprint density at radius 2 is 1.52 bits per heavy atom. The van der Waals surface area contributed by atoms with Crippen LogP contribution in [0.4, 0.5) is 5.69 Å². The summed E-state index contributed by atoms with van der Waals surface area (Å²) in [6, 6.07) is 10.8. The van der Waals surface area contributed by atoms with Gasteiger partial charge in [-0.25, -0.2) is 4.90 Å². The van der Waals surface area contributed by atoms with Gasteiger partial charge in [0, 0.05) is 0 Å². The third kappa shape index (κ3) is 1.82. The molecular formula is C16H11NO4. The van der Waals surface area contributed by atoms with Crippen molar-refractivity contribution >= 4 is 23.3 Å². The highest BCUT2D eigenvalue weighted by atomic mass is 16.3. The fourth-order valence-electron chi connectivity index (χ4n) is 2.40. The van der Waals surface area contributed by atoms with Crippen LogP contribution >= 0.6 is 0 Å². The quantitative estimate of drug-likeness (QED) is 0.677. The highest BCUT2D eigenvalue weighted by Gasteiger charge is 2.37. The zero-order valence-corrected chi connectivity index (χ0v) is 11.2. The van der Waals surface area contributed by atoms with Crippen LogP contribution in [0.25, 0.3) is 0 Å². The Bertz CT molecular complexity index is 760. The molecule has 5 heteroatoms. The molecule has 0 aromatic heterocycles. The number of para-hydroxylation sites is 1. The van der Waals surface area contributed by atoms with Gasteiger partial charge in [0.2, 0.25) is 0 Å². The summed E-state index contributed by atoms with van der Waals surface area (Å²) in [6.45, 7) is 1.31. The van der Waals surface area contributed by atoms with Crippen LogP contribution in [0.3, 0.4) is 0 Å². The summed E-state index contributed by atoms with van der Waals surface area (Å²) in [5.74, 6) is -1.72. The van der Waals surface area contributed by atoms with Crippen LogP contribution in [-0.4, -0.2) is 22.7 Å². The Morgan fingerprint density at radius 1 is 0.952 bits per heavy atom. The summed E-state index contributed by atoms with van der Waals surface area (Å²) in [6.07, 6.45) is 0. The van der Waals surface area contributed by atoms with Gasteiger partial charge in [0.1, 0.15) is 0 Å². The summed E-state index contributed by atoms with van der Waals surface area (Å²) in [4.78, 5) is 37.1. The van der Waals surface area contributed by atoms with Gasteiger partial charge in [-0.05, 0) is 31.2 Å². The monoisotopic (exact) mass is 281 g/mol. The summed E-state index contributed by atoms with van der Waals surface area (Å²) < 4.78 is 0. The predicted octanol–water partition coefficient (Wildman–Crippen LogP) is 2.40. The van der Waals surface area contributed by atoms with Crippen LogP contribution in [0.1, 0.15) is 38.0 Å². The first-order valence-electron chi connectivity index (χ1n) is 6.33. The zero-order valence-electron chi connectivity index (χ0n) is 11.2. The molecule has 2 aromatic carbocycles. The number of rotatable bonds is 2. The van der Waals surface area contributed by atoms with Crippen molar-refractivity contribution in [3.8, 4) is 5.75 Å². The lowest BCUT2D eigenvalue weighted by Gasteiger charge is -2.16. The first-order valence-corrected chi connectivity index (χ1v) is 6.33. The number of phenolic OH excluding ortho intramolecular Hbond substituents is 1. The molecule has 0 fully saturated rings. The molecule has 1 N–H and O–H groups in total. The Morgan fingerprint density at radius 3 is 2.05 bits per heavy atom. The number of imide groups is 1.